The van der Waals surface area contributed by atoms with Gasteiger partial charge in [0, 0.05) is 0 Å². The Kier molecular flexibility index (Phi) is 4.05. The summed E-state index contributed by atoms with van der Waals surface area (Å²) in [6.07, 6.45) is 0. The van der Waals surface area contributed by atoms with Crippen molar-refractivity contribution in [1.29, 1.82) is 0 Å². The number of carbonyl (C=O) groups is 3. The lowest BCUT2D eigenvalue weighted by molar-refractivity contribution is -0.121. The van der Waals surface area contributed by atoms with Gasteiger partial charge in [0.1, 0.15) is 6.54 Å². The number of benzene rings is 1. The van der Waals surface area contributed by atoms with Crippen LogP contribution in [0.5, 0.6) is 0 Å². The first-order valence-corrected chi connectivity index (χ1v) is 8.60. The molecule has 0 aliphatic carbocycles. The highest BCUT2D eigenvalue weighted by Crippen LogP contribution is 2.22. The van der Waals surface area contributed by atoms with Crippen LogP contribution in [-0.4, -0.2) is 39.3 Å². The van der Waals surface area contributed by atoms with Crippen LogP contribution in [0.1, 0.15) is 26.6 Å². The van der Waals surface area contributed by atoms with Crippen molar-refractivity contribution in [1.82, 2.24) is 20.4 Å². The van der Waals surface area contributed by atoms with Gasteiger partial charge in [-0.3, -0.25) is 19.3 Å². The molecule has 26 heavy (non-hydrogen) atoms. The molecule has 1 aliphatic rings. The summed E-state index contributed by atoms with van der Waals surface area (Å²) in [5, 5.41) is 8.32. The highest BCUT2D eigenvalue weighted by molar-refractivity contribution is 7.13. The monoisotopic (exact) mass is 368 g/mol. The van der Waals surface area contributed by atoms with E-state index in [1.165, 1.54) is 11.3 Å². The maximum Gasteiger partial charge on any atom is 0.262 e. The van der Waals surface area contributed by atoms with Gasteiger partial charge < -0.3 is 9.84 Å². The SMILES string of the molecule is O=C(CN1C(=O)c2ccccc2C1=O)NCc1nc(-c2cccs2)no1. The molecule has 3 amide bonds. The molecule has 1 aromatic carbocycles. The first kappa shape index (κ1) is 16.2. The lowest BCUT2D eigenvalue weighted by Gasteiger charge is -2.12. The summed E-state index contributed by atoms with van der Waals surface area (Å²) in [4.78, 5) is 42.5. The molecular weight excluding hydrogens is 356 g/mol. The lowest BCUT2D eigenvalue weighted by atomic mass is 10.1. The minimum atomic E-state index is -0.490. The predicted octanol–water partition coefficient (Wildman–Crippen LogP) is 1.71. The van der Waals surface area contributed by atoms with Gasteiger partial charge in [0.05, 0.1) is 22.5 Å². The fourth-order valence-corrected chi connectivity index (χ4v) is 3.24. The molecule has 0 fully saturated rings. The first-order chi connectivity index (χ1) is 12.6. The highest BCUT2D eigenvalue weighted by Gasteiger charge is 2.36. The maximum atomic E-state index is 12.2. The van der Waals surface area contributed by atoms with Crippen LogP contribution in [0.3, 0.4) is 0 Å². The van der Waals surface area contributed by atoms with Gasteiger partial charge in [0.2, 0.25) is 17.6 Å². The van der Waals surface area contributed by atoms with Gasteiger partial charge >= 0.3 is 0 Å². The number of amides is 3. The third-order valence-corrected chi connectivity index (χ3v) is 4.69. The molecule has 1 aliphatic heterocycles. The fraction of sp³-hybridized carbons (Fsp3) is 0.118. The van der Waals surface area contributed by atoms with Crippen LogP contribution in [0.2, 0.25) is 0 Å². The van der Waals surface area contributed by atoms with Gasteiger partial charge in [-0.25, -0.2) is 0 Å². The molecule has 2 aromatic heterocycles. The van der Waals surface area contributed by atoms with E-state index in [-0.39, 0.29) is 19.0 Å². The Morgan fingerprint density at radius 2 is 1.85 bits per heavy atom. The van der Waals surface area contributed by atoms with Crippen molar-refractivity contribution >= 4 is 29.1 Å². The zero-order valence-corrected chi connectivity index (χ0v) is 14.2. The number of carbonyl (C=O) groups excluding carboxylic acids is 3. The Morgan fingerprint density at radius 1 is 1.12 bits per heavy atom. The zero-order chi connectivity index (χ0) is 18.1. The molecule has 4 rings (SSSR count). The Hall–Kier alpha value is -3.33. The molecule has 9 heteroatoms. The van der Waals surface area contributed by atoms with Crippen molar-refractivity contribution in [3.05, 3.63) is 58.8 Å². The molecular formula is C17H12N4O4S. The Labute approximate surface area is 151 Å². The summed E-state index contributed by atoms with van der Waals surface area (Å²) in [5.41, 5.74) is 0.616. The third kappa shape index (κ3) is 2.88. The van der Waals surface area contributed by atoms with Crippen LogP contribution in [0.25, 0.3) is 10.7 Å². The number of rotatable bonds is 5. The number of imide groups is 1. The van der Waals surface area contributed by atoms with Crippen molar-refractivity contribution in [2.24, 2.45) is 0 Å². The van der Waals surface area contributed by atoms with E-state index >= 15 is 0 Å². The lowest BCUT2D eigenvalue weighted by Crippen LogP contribution is -2.40. The second-order valence-electron chi connectivity index (χ2n) is 5.51. The quantitative estimate of drug-likeness (QED) is 0.687. The van der Waals surface area contributed by atoms with Crippen molar-refractivity contribution in [3.63, 3.8) is 0 Å². The number of hydrogen-bond donors (Lipinski definition) is 1. The van der Waals surface area contributed by atoms with Crippen LogP contribution in [0.15, 0.2) is 46.3 Å². The molecule has 0 radical (unpaired) electrons. The fourth-order valence-electron chi connectivity index (χ4n) is 2.59. The summed E-state index contributed by atoms with van der Waals surface area (Å²) in [6.45, 7) is -0.349. The second-order valence-corrected chi connectivity index (χ2v) is 6.46. The minimum absolute atomic E-state index is 0.0143. The van der Waals surface area contributed by atoms with Crippen LogP contribution >= 0.6 is 11.3 Å². The zero-order valence-electron chi connectivity index (χ0n) is 13.3. The molecule has 3 aromatic rings. The summed E-state index contributed by atoms with van der Waals surface area (Å²) in [7, 11) is 0. The topological polar surface area (TPSA) is 105 Å². The van der Waals surface area contributed by atoms with Gasteiger partial charge in [-0.2, -0.15) is 4.98 Å². The van der Waals surface area contributed by atoms with E-state index in [1.54, 1.807) is 24.3 Å². The van der Waals surface area contributed by atoms with E-state index in [0.717, 1.165) is 9.78 Å². The van der Waals surface area contributed by atoms with E-state index in [9.17, 15) is 14.4 Å². The Balaban J connectivity index is 1.37. The number of fused-ring (bicyclic) bond motifs is 1. The molecule has 130 valence electrons. The molecule has 0 unspecified atom stereocenters. The standard InChI is InChI=1S/C17H12N4O4S/c22-13(9-21-16(23)10-4-1-2-5-11(10)17(21)24)18-8-14-19-15(20-25-14)12-6-3-7-26-12/h1-7H,8-9H2,(H,18,22). The molecule has 0 saturated carbocycles. The smallest absolute Gasteiger partial charge is 0.262 e. The van der Waals surface area contributed by atoms with Gasteiger partial charge in [-0.1, -0.05) is 23.4 Å². The molecule has 0 spiro atoms. The number of aromatic nitrogens is 2. The minimum Gasteiger partial charge on any atom is -0.345 e. The summed E-state index contributed by atoms with van der Waals surface area (Å²) in [6, 6.07) is 10.2. The van der Waals surface area contributed by atoms with Crippen LogP contribution in [0, 0.1) is 0 Å². The third-order valence-electron chi connectivity index (χ3n) is 3.83. The van der Waals surface area contributed by atoms with Crippen LogP contribution < -0.4 is 5.32 Å². The van der Waals surface area contributed by atoms with Crippen LogP contribution in [-0.2, 0) is 11.3 Å². The van der Waals surface area contributed by atoms with Gasteiger partial charge in [-0.15, -0.1) is 11.3 Å². The van der Waals surface area contributed by atoms with E-state index in [2.05, 4.69) is 15.5 Å². The Bertz CT molecular complexity index is 961. The maximum absolute atomic E-state index is 12.2. The number of thiophene rings is 1. The largest absolute Gasteiger partial charge is 0.345 e. The molecule has 3 heterocycles. The average molecular weight is 368 g/mol. The summed E-state index contributed by atoms with van der Waals surface area (Å²) < 4.78 is 5.09. The summed E-state index contributed by atoms with van der Waals surface area (Å²) >= 11 is 1.48. The average Bonchev–Trinajstić information content (AvgIpc) is 3.38. The highest BCUT2D eigenvalue weighted by atomic mass is 32.1. The van der Waals surface area contributed by atoms with Gasteiger partial charge in [0.25, 0.3) is 11.8 Å². The summed E-state index contributed by atoms with van der Waals surface area (Å²) in [5.74, 6) is -0.749. The molecule has 0 atom stereocenters. The van der Waals surface area contributed by atoms with E-state index in [4.69, 9.17) is 4.52 Å². The van der Waals surface area contributed by atoms with Gasteiger partial charge in [-0.05, 0) is 23.6 Å². The number of hydrogen-bond acceptors (Lipinski definition) is 7. The molecule has 1 N–H and O–H groups in total. The van der Waals surface area contributed by atoms with E-state index in [1.807, 2.05) is 17.5 Å². The van der Waals surface area contributed by atoms with Gasteiger partial charge in [0.15, 0.2) is 0 Å². The van der Waals surface area contributed by atoms with Crippen molar-refractivity contribution < 1.29 is 18.9 Å². The number of nitrogens with zero attached hydrogens (tertiary/aromatic N) is 3. The normalized spacial score (nSPS) is 13.2. The molecule has 0 saturated heterocycles. The van der Waals surface area contributed by atoms with Crippen molar-refractivity contribution in [2.75, 3.05) is 6.54 Å². The second kappa shape index (κ2) is 6.52. The van der Waals surface area contributed by atoms with Crippen molar-refractivity contribution in [3.8, 4) is 10.7 Å². The number of nitrogens with one attached hydrogen (secondary N) is 1. The van der Waals surface area contributed by atoms with Crippen LogP contribution in [0.4, 0.5) is 0 Å². The van der Waals surface area contributed by atoms with E-state index in [0.29, 0.717) is 17.0 Å². The predicted molar refractivity (Wildman–Crippen MR) is 91.3 cm³/mol. The van der Waals surface area contributed by atoms with Crippen molar-refractivity contribution in [2.45, 2.75) is 6.54 Å². The van der Waals surface area contributed by atoms with E-state index < -0.39 is 17.7 Å². The molecule has 8 nitrogen and oxygen atoms in total. The molecule has 0 bridgehead atoms. The first-order valence-electron chi connectivity index (χ1n) is 7.72. The Morgan fingerprint density at radius 3 is 2.50 bits per heavy atom.